The van der Waals surface area contributed by atoms with Crippen molar-refractivity contribution in [2.24, 2.45) is 0 Å². The van der Waals surface area contributed by atoms with E-state index in [-0.39, 0.29) is 11.8 Å². The second-order valence-corrected chi connectivity index (χ2v) is 7.07. The number of hydrogen-bond donors (Lipinski definition) is 2. The van der Waals surface area contributed by atoms with E-state index in [1.807, 2.05) is 18.2 Å². The van der Waals surface area contributed by atoms with Crippen molar-refractivity contribution >= 4 is 17.5 Å². The second-order valence-electron chi connectivity index (χ2n) is 7.07. The topological polar surface area (TPSA) is 76.7 Å². The number of ether oxygens (including phenoxy) is 2. The van der Waals surface area contributed by atoms with Crippen LogP contribution in [0.2, 0.25) is 0 Å². The van der Waals surface area contributed by atoms with Crippen LogP contribution < -0.4 is 15.4 Å². The number of amides is 2. The zero-order chi connectivity index (χ0) is 18.5. The van der Waals surface area contributed by atoms with Crippen LogP contribution in [0.15, 0.2) is 18.2 Å². The minimum atomic E-state index is -0.305. The highest BCUT2D eigenvalue weighted by molar-refractivity contribution is 6.26. The molecule has 138 valence electrons. The lowest BCUT2D eigenvalue weighted by Gasteiger charge is -2.28. The van der Waals surface area contributed by atoms with Gasteiger partial charge in [0.25, 0.3) is 11.8 Å². The van der Waals surface area contributed by atoms with Gasteiger partial charge in [0.05, 0.1) is 17.7 Å². The third-order valence-corrected chi connectivity index (χ3v) is 5.64. The molecule has 1 aliphatic carbocycles. The van der Waals surface area contributed by atoms with E-state index in [9.17, 15) is 9.59 Å². The van der Waals surface area contributed by atoms with Gasteiger partial charge in [-0.25, -0.2) is 0 Å². The van der Waals surface area contributed by atoms with E-state index < -0.39 is 0 Å². The minimum Gasteiger partial charge on any atom is -0.490 e. The molecular formula is C21H20N2O4. The molecule has 2 heterocycles. The van der Waals surface area contributed by atoms with Crippen LogP contribution in [0.25, 0.3) is 11.1 Å². The van der Waals surface area contributed by atoms with Crippen molar-refractivity contribution in [3.63, 3.8) is 0 Å². The molecule has 27 heavy (non-hydrogen) atoms. The summed E-state index contributed by atoms with van der Waals surface area (Å²) in [5.41, 5.74) is 7.13. The maximum absolute atomic E-state index is 12.7. The molecular weight excluding hydrogens is 344 g/mol. The zero-order valence-electron chi connectivity index (χ0n) is 15.1. The zero-order valence-corrected chi connectivity index (χ0v) is 15.1. The SMILES string of the molecule is COCCOc1cccc2c1-c1c(c3c(c4c1C(=O)NC4=O)CCC3)CN2. The van der Waals surface area contributed by atoms with Gasteiger partial charge < -0.3 is 14.8 Å². The van der Waals surface area contributed by atoms with Crippen molar-refractivity contribution in [2.75, 3.05) is 25.6 Å². The largest absolute Gasteiger partial charge is 0.490 e. The van der Waals surface area contributed by atoms with Crippen molar-refractivity contribution in [2.45, 2.75) is 25.8 Å². The third kappa shape index (κ3) is 2.29. The Balaban J connectivity index is 1.79. The molecule has 2 aromatic carbocycles. The van der Waals surface area contributed by atoms with E-state index in [1.54, 1.807) is 7.11 Å². The standard InChI is InChI=1S/C21H20N2O4/c1-26-8-9-27-15-7-3-6-14-18(15)16-13(10-22-14)11-4-2-5-12(11)17-19(16)21(25)23-20(17)24/h3,6-7,22H,2,4-5,8-10H2,1H3,(H,23,24,25). The van der Waals surface area contributed by atoms with Crippen LogP contribution >= 0.6 is 0 Å². The lowest BCUT2D eigenvalue weighted by Crippen LogP contribution is -2.20. The minimum absolute atomic E-state index is 0.270. The number of rotatable bonds is 4. The summed E-state index contributed by atoms with van der Waals surface area (Å²) < 4.78 is 11.1. The highest BCUT2D eigenvalue weighted by Crippen LogP contribution is 2.49. The molecule has 2 N–H and O–H groups in total. The Morgan fingerprint density at radius 1 is 0.926 bits per heavy atom. The van der Waals surface area contributed by atoms with Gasteiger partial charge in [-0.05, 0) is 48.1 Å². The number of methoxy groups -OCH3 is 1. The first-order chi connectivity index (χ1) is 13.2. The molecule has 5 rings (SSSR count). The average Bonchev–Trinajstić information content (AvgIpc) is 3.26. The molecule has 0 fully saturated rings. The number of nitrogens with one attached hydrogen (secondary N) is 2. The van der Waals surface area contributed by atoms with Crippen LogP contribution in [0, 0.1) is 0 Å². The average molecular weight is 364 g/mol. The second kappa shape index (κ2) is 6.09. The molecule has 2 aliphatic heterocycles. The van der Waals surface area contributed by atoms with Crippen LogP contribution in [0.3, 0.4) is 0 Å². The molecule has 0 unspecified atom stereocenters. The number of imide groups is 1. The number of fused-ring (bicyclic) bond motifs is 8. The molecule has 2 aromatic rings. The fraction of sp³-hybridized carbons (Fsp3) is 0.333. The quantitative estimate of drug-likeness (QED) is 0.644. The summed E-state index contributed by atoms with van der Waals surface area (Å²) in [6, 6.07) is 5.81. The van der Waals surface area contributed by atoms with Gasteiger partial charge in [-0.3, -0.25) is 14.9 Å². The van der Waals surface area contributed by atoms with E-state index in [0.717, 1.165) is 47.2 Å². The summed E-state index contributed by atoms with van der Waals surface area (Å²) in [5, 5.41) is 5.97. The van der Waals surface area contributed by atoms with Crippen LogP contribution in [0.1, 0.15) is 43.8 Å². The molecule has 0 bridgehead atoms. The summed E-state index contributed by atoms with van der Waals surface area (Å²) >= 11 is 0. The predicted molar refractivity (Wildman–Crippen MR) is 100 cm³/mol. The Morgan fingerprint density at radius 3 is 2.59 bits per heavy atom. The molecule has 0 radical (unpaired) electrons. The molecule has 0 aromatic heterocycles. The summed E-state index contributed by atoms with van der Waals surface area (Å²) in [4.78, 5) is 25.2. The maximum Gasteiger partial charge on any atom is 0.259 e. The molecule has 6 heteroatoms. The normalized spacial score (nSPS) is 16.2. The monoisotopic (exact) mass is 364 g/mol. The van der Waals surface area contributed by atoms with Crippen LogP contribution in [-0.2, 0) is 24.1 Å². The Labute approximate surface area is 156 Å². The fourth-order valence-electron chi connectivity index (χ4n) is 4.58. The van der Waals surface area contributed by atoms with E-state index in [0.29, 0.717) is 36.6 Å². The number of benzene rings is 2. The third-order valence-electron chi connectivity index (χ3n) is 5.64. The molecule has 0 atom stereocenters. The highest BCUT2D eigenvalue weighted by atomic mass is 16.5. The van der Waals surface area contributed by atoms with Gasteiger partial charge in [0, 0.05) is 30.5 Å². The van der Waals surface area contributed by atoms with E-state index in [4.69, 9.17) is 9.47 Å². The first kappa shape index (κ1) is 16.3. The lowest BCUT2D eigenvalue weighted by molar-refractivity contribution is 0.0879. The van der Waals surface area contributed by atoms with Gasteiger partial charge in [-0.1, -0.05) is 6.07 Å². The van der Waals surface area contributed by atoms with Gasteiger partial charge in [-0.15, -0.1) is 0 Å². The van der Waals surface area contributed by atoms with Gasteiger partial charge in [-0.2, -0.15) is 0 Å². The van der Waals surface area contributed by atoms with Crippen molar-refractivity contribution in [3.05, 3.63) is 46.0 Å². The summed E-state index contributed by atoms with van der Waals surface area (Å²) in [6.07, 6.45) is 2.80. The maximum atomic E-state index is 12.7. The Hall–Kier alpha value is -2.86. The van der Waals surface area contributed by atoms with Crippen LogP contribution in [-0.4, -0.2) is 32.1 Å². The van der Waals surface area contributed by atoms with Crippen LogP contribution in [0.4, 0.5) is 5.69 Å². The Kier molecular flexibility index (Phi) is 3.68. The lowest BCUT2D eigenvalue weighted by atomic mass is 9.82. The predicted octanol–water partition coefficient (Wildman–Crippen LogP) is 2.68. The Bertz CT molecular complexity index is 996. The highest BCUT2D eigenvalue weighted by Gasteiger charge is 2.40. The summed E-state index contributed by atoms with van der Waals surface area (Å²) in [5.74, 6) is 0.125. The van der Waals surface area contributed by atoms with E-state index in [2.05, 4.69) is 10.6 Å². The fourth-order valence-corrected chi connectivity index (χ4v) is 4.58. The van der Waals surface area contributed by atoms with E-state index >= 15 is 0 Å². The summed E-state index contributed by atoms with van der Waals surface area (Å²) in [7, 11) is 1.63. The van der Waals surface area contributed by atoms with Crippen molar-refractivity contribution < 1.29 is 19.1 Å². The molecule has 0 saturated carbocycles. The molecule has 6 nitrogen and oxygen atoms in total. The molecule has 0 saturated heterocycles. The molecule has 2 amide bonds. The smallest absolute Gasteiger partial charge is 0.259 e. The first-order valence-corrected chi connectivity index (χ1v) is 9.26. The first-order valence-electron chi connectivity index (χ1n) is 9.26. The Morgan fingerprint density at radius 2 is 1.74 bits per heavy atom. The van der Waals surface area contributed by atoms with E-state index in [1.165, 1.54) is 5.56 Å². The van der Waals surface area contributed by atoms with Crippen molar-refractivity contribution in [1.29, 1.82) is 0 Å². The van der Waals surface area contributed by atoms with Gasteiger partial charge >= 0.3 is 0 Å². The number of carbonyl (C=O) groups is 2. The van der Waals surface area contributed by atoms with Gasteiger partial charge in [0.2, 0.25) is 0 Å². The molecule has 0 spiro atoms. The van der Waals surface area contributed by atoms with Gasteiger partial charge in [0.15, 0.2) is 0 Å². The van der Waals surface area contributed by atoms with Crippen molar-refractivity contribution in [1.82, 2.24) is 5.32 Å². The number of hydrogen-bond acceptors (Lipinski definition) is 5. The van der Waals surface area contributed by atoms with Gasteiger partial charge in [0.1, 0.15) is 12.4 Å². The van der Waals surface area contributed by atoms with Crippen molar-refractivity contribution in [3.8, 4) is 16.9 Å². The number of anilines is 1. The molecule has 3 aliphatic rings. The number of carbonyl (C=O) groups excluding carboxylic acids is 2. The summed E-state index contributed by atoms with van der Waals surface area (Å²) in [6.45, 7) is 1.55. The van der Waals surface area contributed by atoms with Crippen LogP contribution in [0.5, 0.6) is 5.75 Å².